The number of nitrogens with zero attached hydrogens (tertiary/aromatic N) is 1. The Bertz CT molecular complexity index is 847. The maximum absolute atomic E-state index is 12.8. The summed E-state index contributed by atoms with van der Waals surface area (Å²) in [6.07, 6.45) is 1.000. The Kier molecular flexibility index (Phi) is 5.42. The second-order valence-corrected chi connectivity index (χ2v) is 7.13. The molecular formula is C20H19NO4S. The first-order valence-corrected chi connectivity index (χ1v) is 9.22. The number of thioether (sulfide) groups is 1. The molecule has 0 spiro atoms. The number of carbonyl (C=O) groups excluding carboxylic acids is 3. The van der Waals surface area contributed by atoms with E-state index in [0.717, 1.165) is 12.0 Å². The van der Waals surface area contributed by atoms with E-state index in [-0.39, 0.29) is 18.2 Å². The molecule has 6 heteroatoms. The number of amides is 2. The number of aryl methyl sites for hydroxylation is 1. The number of rotatable bonds is 5. The third-order valence-electron chi connectivity index (χ3n) is 4.27. The fourth-order valence-electron chi connectivity index (χ4n) is 2.85. The average molecular weight is 369 g/mol. The summed E-state index contributed by atoms with van der Waals surface area (Å²) in [7, 11) is 1.32. The Labute approximate surface area is 156 Å². The van der Waals surface area contributed by atoms with Gasteiger partial charge in [-0.25, -0.2) is 9.69 Å². The number of esters is 1. The van der Waals surface area contributed by atoms with Gasteiger partial charge < -0.3 is 4.74 Å². The molecule has 26 heavy (non-hydrogen) atoms. The van der Waals surface area contributed by atoms with Crippen molar-refractivity contribution < 1.29 is 19.1 Å². The van der Waals surface area contributed by atoms with Crippen molar-refractivity contribution in [2.45, 2.75) is 29.9 Å². The van der Waals surface area contributed by atoms with Crippen LogP contribution in [-0.4, -0.2) is 30.1 Å². The first-order valence-electron chi connectivity index (χ1n) is 8.35. The second kappa shape index (κ2) is 7.74. The maximum atomic E-state index is 12.8. The van der Waals surface area contributed by atoms with Crippen LogP contribution in [-0.2, 0) is 20.7 Å². The van der Waals surface area contributed by atoms with Crippen molar-refractivity contribution in [2.75, 3.05) is 12.0 Å². The summed E-state index contributed by atoms with van der Waals surface area (Å²) in [6.45, 7) is 2.05. The Balaban J connectivity index is 1.82. The van der Waals surface area contributed by atoms with Gasteiger partial charge in [0.25, 0.3) is 0 Å². The molecule has 0 aliphatic carbocycles. The van der Waals surface area contributed by atoms with E-state index in [0.29, 0.717) is 16.1 Å². The van der Waals surface area contributed by atoms with Crippen LogP contribution in [0.5, 0.6) is 0 Å². The lowest BCUT2D eigenvalue weighted by Gasteiger charge is -2.16. The minimum Gasteiger partial charge on any atom is -0.465 e. The van der Waals surface area contributed by atoms with Crippen molar-refractivity contribution in [3.05, 3.63) is 59.7 Å². The van der Waals surface area contributed by atoms with Crippen molar-refractivity contribution in [3.63, 3.8) is 0 Å². The van der Waals surface area contributed by atoms with Crippen molar-refractivity contribution in [1.82, 2.24) is 0 Å². The number of hydrogen-bond acceptors (Lipinski definition) is 5. The predicted molar refractivity (Wildman–Crippen MR) is 100 cm³/mol. The van der Waals surface area contributed by atoms with Crippen molar-refractivity contribution in [1.29, 1.82) is 0 Å². The molecule has 5 nitrogen and oxygen atoms in total. The van der Waals surface area contributed by atoms with Gasteiger partial charge in [-0.05, 0) is 36.2 Å². The molecule has 0 N–H and O–H groups in total. The third kappa shape index (κ3) is 3.51. The molecule has 1 unspecified atom stereocenters. The van der Waals surface area contributed by atoms with E-state index < -0.39 is 11.2 Å². The quantitative estimate of drug-likeness (QED) is 0.597. The molecule has 134 valence electrons. The van der Waals surface area contributed by atoms with Crippen LogP contribution in [0, 0.1) is 0 Å². The van der Waals surface area contributed by atoms with Crippen LogP contribution < -0.4 is 4.90 Å². The lowest BCUT2D eigenvalue weighted by atomic mass is 10.1. The van der Waals surface area contributed by atoms with E-state index in [2.05, 4.69) is 0 Å². The third-order valence-corrected chi connectivity index (χ3v) is 5.53. The molecule has 1 aliphatic rings. The summed E-state index contributed by atoms with van der Waals surface area (Å²) in [4.78, 5) is 39.0. The van der Waals surface area contributed by atoms with Crippen molar-refractivity contribution in [2.24, 2.45) is 0 Å². The zero-order valence-electron chi connectivity index (χ0n) is 14.6. The van der Waals surface area contributed by atoms with Gasteiger partial charge >= 0.3 is 5.97 Å². The van der Waals surface area contributed by atoms with Gasteiger partial charge in [0.2, 0.25) is 11.8 Å². The molecule has 0 radical (unpaired) electrons. The predicted octanol–water partition coefficient (Wildman–Crippen LogP) is 3.46. The first-order chi connectivity index (χ1) is 12.5. The number of benzene rings is 2. The number of carbonyl (C=O) groups is 3. The molecule has 2 aromatic rings. The smallest absolute Gasteiger partial charge is 0.338 e. The average Bonchev–Trinajstić information content (AvgIpc) is 2.95. The van der Waals surface area contributed by atoms with Crippen molar-refractivity contribution >= 4 is 35.2 Å². The molecule has 2 amide bonds. The zero-order chi connectivity index (χ0) is 18.7. The summed E-state index contributed by atoms with van der Waals surface area (Å²) in [6, 6.07) is 14.4. The highest BCUT2D eigenvalue weighted by molar-refractivity contribution is 8.00. The Morgan fingerprint density at radius 2 is 1.85 bits per heavy atom. The lowest BCUT2D eigenvalue weighted by molar-refractivity contribution is -0.121. The van der Waals surface area contributed by atoms with Crippen LogP contribution >= 0.6 is 11.8 Å². The van der Waals surface area contributed by atoms with Gasteiger partial charge in [0.05, 0.1) is 23.6 Å². The molecule has 0 bridgehead atoms. The summed E-state index contributed by atoms with van der Waals surface area (Å²) < 4.78 is 4.79. The highest BCUT2D eigenvalue weighted by atomic mass is 32.2. The van der Waals surface area contributed by atoms with Crippen molar-refractivity contribution in [3.8, 4) is 0 Å². The molecule has 2 aromatic carbocycles. The molecular weight excluding hydrogens is 350 g/mol. The van der Waals surface area contributed by atoms with E-state index >= 15 is 0 Å². The lowest BCUT2D eigenvalue weighted by Crippen LogP contribution is -2.31. The van der Waals surface area contributed by atoms with E-state index in [4.69, 9.17) is 4.74 Å². The molecule has 3 rings (SSSR count). The Hall–Kier alpha value is -2.60. The second-order valence-electron chi connectivity index (χ2n) is 5.89. The van der Waals surface area contributed by atoms with Gasteiger partial charge in [-0.2, -0.15) is 0 Å². The highest BCUT2D eigenvalue weighted by Crippen LogP contribution is 2.35. The highest BCUT2D eigenvalue weighted by Gasteiger charge is 2.40. The first kappa shape index (κ1) is 18.2. The van der Waals surface area contributed by atoms with Crippen LogP contribution in [0.1, 0.15) is 29.3 Å². The monoisotopic (exact) mass is 369 g/mol. The van der Waals surface area contributed by atoms with E-state index in [1.165, 1.54) is 23.8 Å². The van der Waals surface area contributed by atoms with Crippen LogP contribution in [0.3, 0.4) is 0 Å². The van der Waals surface area contributed by atoms with Gasteiger partial charge in [-0.3, -0.25) is 9.59 Å². The molecule has 1 saturated heterocycles. The van der Waals surface area contributed by atoms with E-state index in [1.807, 2.05) is 19.1 Å². The topological polar surface area (TPSA) is 63.7 Å². The Morgan fingerprint density at radius 3 is 2.50 bits per heavy atom. The number of methoxy groups -OCH3 is 1. The summed E-state index contributed by atoms with van der Waals surface area (Å²) >= 11 is 1.23. The van der Waals surface area contributed by atoms with Gasteiger partial charge in [0.1, 0.15) is 0 Å². The van der Waals surface area contributed by atoms with Crippen LogP contribution in [0.4, 0.5) is 5.69 Å². The molecule has 1 aliphatic heterocycles. The van der Waals surface area contributed by atoms with E-state index in [9.17, 15) is 14.4 Å². The zero-order valence-corrected chi connectivity index (χ0v) is 15.4. The number of hydrogen-bond donors (Lipinski definition) is 0. The SMILES string of the molecule is CCc1ccc(N2C(=O)CC(Sc3ccccc3C(=O)OC)C2=O)cc1. The molecule has 1 atom stereocenters. The van der Waals surface area contributed by atoms with Gasteiger partial charge in [0.15, 0.2) is 0 Å². The summed E-state index contributed by atoms with van der Waals surface area (Å²) in [5.74, 6) is -0.951. The van der Waals surface area contributed by atoms with E-state index in [1.54, 1.807) is 36.4 Å². The number of ether oxygens (including phenoxy) is 1. The van der Waals surface area contributed by atoms with Gasteiger partial charge in [-0.15, -0.1) is 11.8 Å². The standard InChI is InChI=1S/C20H19NO4S/c1-3-13-8-10-14(11-9-13)21-18(22)12-17(19(21)23)26-16-7-5-4-6-15(16)20(24)25-2/h4-11,17H,3,12H2,1-2H3. The molecule has 0 saturated carbocycles. The summed E-state index contributed by atoms with van der Waals surface area (Å²) in [5.41, 5.74) is 2.12. The van der Waals surface area contributed by atoms with Crippen LogP contribution in [0.2, 0.25) is 0 Å². The van der Waals surface area contributed by atoms with Crippen LogP contribution in [0.25, 0.3) is 0 Å². The molecule has 1 heterocycles. The minimum atomic E-state index is -0.556. The molecule has 1 fully saturated rings. The number of anilines is 1. The normalized spacial score (nSPS) is 16.8. The fraction of sp³-hybridized carbons (Fsp3) is 0.250. The minimum absolute atomic E-state index is 0.106. The Morgan fingerprint density at radius 1 is 1.15 bits per heavy atom. The van der Waals surface area contributed by atoms with Gasteiger partial charge in [-0.1, -0.05) is 31.2 Å². The summed E-state index contributed by atoms with van der Waals surface area (Å²) in [5, 5.41) is -0.556. The van der Waals surface area contributed by atoms with Crippen LogP contribution in [0.15, 0.2) is 53.4 Å². The number of imide groups is 1. The maximum Gasteiger partial charge on any atom is 0.338 e. The largest absolute Gasteiger partial charge is 0.465 e. The van der Waals surface area contributed by atoms with Gasteiger partial charge in [0, 0.05) is 11.3 Å². The molecule has 0 aromatic heterocycles. The fourth-order valence-corrected chi connectivity index (χ4v) is 4.02.